The minimum absolute atomic E-state index is 0.0158. The third-order valence-corrected chi connectivity index (χ3v) is 7.80. The number of benzene rings is 1. The van der Waals surface area contributed by atoms with Crippen molar-refractivity contribution in [3.8, 4) is 11.3 Å². The number of aromatic nitrogens is 2. The summed E-state index contributed by atoms with van der Waals surface area (Å²) in [6, 6.07) is 1.65. The van der Waals surface area contributed by atoms with E-state index >= 15 is 0 Å². The van der Waals surface area contributed by atoms with Gasteiger partial charge >= 0.3 is 6.03 Å². The number of hydrogen-bond acceptors (Lipinski definition) is 7. The van der Waals surface area contributed by atoms with Gasteiger partial charge in [0.25, 0.3) is 0 Å². The molecule has 3 heterocycles. The standard InChI is InChI=1S/C29H42F3N7O4/c1-18(13-35-26(40)6-10-43-11-7-33)37-29(41)39(17-20-14-34-15-24(20)32)27(19-4-8-42-9-5-19)28-36-16-25(38-28)22-12-21(30)2-3-23(22)31/h2-3,12,16,18-20,24,27,34H,4-11,13-15,17,33H2,1H3,(H,35,40)(H,36,38)(H,37,41). The molecule has 4 unspecified atom stereocenters. The monoisotopic (exact) mass is 609 g/mol. The van der Waals surface area contributed by atoms with Gasteiger partial charge in [0.15, 0.2) is 0 Å². The Kier molecular flexibility index (Phi) is 12.2. The molecule has 2 aromatic rings. The average molecular weight is 610 g/mol. The van der Waals surface area contributed by atoms with Crippen LogP contribution in [0.5, 0.6) is 0 Å². The predicted molar refractivity (Wildman–Crippen MR) is 154 cm³/mol. The number of carbonyl (C=O) groups excluding carboxylic acids is 2. The molecule has 4 rings (SSSR count). The number of hydrogen-bond donors (Lipinski definition) is 5. The number of alkyl halides is 1. The molecular weight excluding hydrogens is 567 g/mol. The van der Waals surface area contributed by atoms with E-state index in [0.717, 1.165) is 18.2 Å². The molecule has 0 spiro atoms. The summed E-state index contributed by atoms with van der Waals surface area (Å²) in [7, 11) is 0. The van der Waals surface area contributed by atoms with Gasteiger partial charge in [0, 0.05) is 69.9 Å². The van der Waals surface area contributed by atoms with Gasteiger partial charge in [-0.2, -0.15) is 0 Å². The Morgan fingerprint density at radius 1 is 1.23 bits per heavy atom. The van der Waals surface area contributed by atoms with Crippen LogP contribution in [0.2, 0.25) is 0 Å². The Morgan fingerprint density at radius 2 is 2.02 bits per heavy atom. The topological polar surface area (TPSA) is 147 Å². The van der Waals surface area contributed by atoms with Crippen molar-refractivity contribution in [2.45, 2.75) is 44.4 Å². The maximum absolute atomic E-state index is 14.8. The summed E-state index contributed by atoms with van der Waals surface area (Å²) in [6.07, 6.45) is 1.69. The largest absolute Gasteiger partial charge is 0.381 e. The van der Waals surface area contributed by atoms with Gasteiger partial charge in [-0.25, -0.2) is 22.9 Å². The molecule has 1 aromatic carbocycles. The molecule has 238 valence electrons. The SMILES string of the molecule is CC(CNC(=O)CCOCCN)NC(=O)N(CC1CNCC1F)C(c1ncc(-c2cc(F)ccc2F)[nH]1)C1CCOCC1. The number of halogens is 3. The Balaban J connectivity index is 1.55. The molecule has 0 bridgehead atoms. The van der Waals surface area contributed by atoms with Gasteiger partial charge in [-0.05, 0) is 43.9 Å². The number of imidazole rings is 1. The van der Waals surface area contributed by atoms with E-state index < -0.39 is 41.8 Å². The highest BCUT2D eigenvalue weighted by molar-refractivity contribution is 5.77. The van der Waals surface area contributed by atoms with Crippen LogP contribution < -0.4 is 21.7 Å². The molecule has 1 aromatic heterocycles. The van der Waals surface area contributed by atoms with Gasteiger partial charge in [-0.3, -0.25) is 4.79 Å². The van der Waals surface area contributed by atoms with Crippen molar-refractivity contribution in [3.05, 3.63) is 41.9 Å². The molecule has 2 aliphatic heterocycles. The Labute approximate surface area is 249 Å². The highest BCUT2D eigenvalue weighted by Gasteiger charge is 2.39. The number of H-pyrrole nitrogens is 1. The van der Waals surface area contributed by atoms with Gasteiger partial charge < -0.3 is 41.0 Å². The predicted octanol–water partition coefficient (Wildman–Crippen LogP) is 2.26. The maximum Gasteiger partial charge on any atom is 0.318 e. The summed E-state index contributed by atoms with van der Waals surface area (Å²) < 4.78 is 54.2. The second-order valence-electron chi connectivity index (χ2n) is 11.1. The lowest BCUT2D eigenvalue weighted by Crippen LogP contribution is -2.52. The number of ether oxygens (including phenoxy) is 2. The van der Waals surface area contributed by atoms with E-state index in [2.05, 4.69) is 25.9 Å². The van der Waals surface area contributed by atoms with Crippen molar-refractivity contribution in [1.29, 1.82) is 0 Å². The Bertz CT molecular complexity index is 1200. The summed E-state index contributed by atoms with van der Waals surface area (Å²) in [6.45, 7) is 4.60. The summed E-state index contributed by atoms with van der Waals surface area (Å²) in [5, 5.41) is 8.77. The molecule has 2 saturated heterocycles. The first kappa shape index (κ1) is 32.7. The van der Waals surface area contributed by atoms with Crippen molar-refractivity contribution in [2.24, 2.45) is 17.6 Å². The summed E-state index contributed by atoms with van der Waals surface area (Å²) >= 11 is 0. The van der Waals surface area contributed by atoms with Crippen LogP contribution in [-0.4, -0.2) is 98.2 Å². The fourth-order valence-electron chi connectivity index (χ4n) is 5.49. The lowest BCUT2D eigenvalue weighted by molar-refractivity contribution is -0.122. The van der Waals surface area contributed by atoms with Crippen molar-refractivity contribution in [1.82, 2.24) is 30.8 Å². The van der Waals surface area contributed by atoms with Gasteiger partial charge in [-0.1, -0.05) is 0 Å². The summed E-state index contributed by atoms with van der Waals surface area (Å²) in [5.74, 6) is -1.59. The number of rotatable bonds is 14. The van der Waals surface area contributed by atoms with Crippen LogP contribution in [0.25, 0.3) is 11.3 Å². The maximum atomic E-state index is 14.8. The van der Waals surface area contributed by atoms with Crippen LogP contribution >= 0.6 is 0 Å². The third-order valence-electron chi connectivity index (χ3n) is 7.80. The van der Waals surface area contributed by atoms with Gasteiger partial charge in [0.1, 0.15) is 23.6 Å². The molecule has 6 N–H and O–H groups in total. The first-order chi connectivity index (χ1) is 20.8. The first-order valence-corrected chi connectivity index (χ1v) is 14.8. The van der Waals surface area contributed by atoms with Crippen molar-refractivity contribution in [2.75, 3.05) is 59.2 Å². The lowest BCUT2D eigenvalue weighted by atomic mass is 9.89. The molecule has 3 amide bonds. The molecule has 2 aliphatic rings. The van der Waals surface area contributed by atoms with E-state index in [9.17, 15) is 22.8 Å². The van der Waals surface area contributed by atoms with E-state index in [0.29, 0.717) is 51.6 Å². The van der Waals surface area contributed by atoms with E-state index in [1.54, 1.807) is 11.8 Å². The van der Waals surface area contributed by atoms with Crippen LogP contribution in [0, 0.1) is 23.5 Å². The van der Waals surface area contributed by atoms with Crippen LogP contribution in [-0.2, 0) is 14.3 Å². The zero-order chi connectivity index (χ0) is 30.8. The van der Waals surface area contributed by atoms with Crippen LogP contribution in [0.4, 0.5) is 18.0 Å². The molecule has 11 nitrogen and oxygen atoms in total. The molecule has 43 heavy (non-hydrogen) atoms. The van der Waals surface area contributed by atoms with Crippen LogP contribution in [0.15, 0.2) is 24.4 Å². The number of nitrogens with two attached hydrogens (primary N) is 1. The smallest absolute Gasteiger partial charge is 0.318 e. The first-order valence-electron chi connectivity index (χ1n) is 14.8. The van der Waals surface area contributed by atoms with Crippen molar-refractivity contribution >= 4 is 11.9 Å². The fourth-order valence-corrected chi connectivity index (χ4v) is 5.49. The zero-order valence-electron chi connectivity index (χ0n) is 24.4. The van der Waals surface area contributed by atoms with E-state index in [4.69, 9.17) is 15.2 Å². The normalized spacial score (nSPS) is 20.5. The number of carbonyl (C=O) groups is 2. The minimum Gasteiger partial charge on any atom is -0.381 e. The van der Waals surface area contributed by atoms with Crippen molar-refractivity contribution in [3.63, 3.8) is 0 Å². The number of aromatic amines is 1. The quantitative estimate of drug-likeness (QED) is 0.207. The van der Waals surface area contributed by atoms with E-state index in [-0.39, 0.29) is 55.7 Å². The van der Waals surface area contributed by atoms with E-state index in [1.165, 1.54) is 6.20 Å². The highest BCUT2D eigenvalue weighted by atomic mass is 19.1. The van der Waals surface area contributed by atoms with Crippen LogP contribution in [0.3, 0.4) is 0 Å². The number of nitrogens with one attached hydrogen (secondary N) is 4. The van der Waals surface area contributed by atoms with E-state index in [1.807, 2.05) is 0 Å². The number of nitrogens with zero attached hydrogens (tertiary/aromatic N) is 2. The van der Waals surface area contributed by atoms with Gasteiger partial charge in [-0.15, -0.1) is 0 Å². The minimum atomic E-state index is -1.14. The number of amides is 3. The molecular formula is C29H42F3N7O4. The Morgan fingerprint density at radius 3 is 2.74 bits per heavy atom. The molecule has 4 atom stereocenters. The van der Waals surface area contributed by atoms with Crippen LogP contribution in [0.1, 0.15) is 38.1 Å². The summed E-state index contributed by atoms with van der Waals surface area (Å²) in [4.78, 5) is 35.3. The lowest BCUT2D eigenvalue weighted by Gasteiger charge is -2.39. The van der Waals surface area contributed by atoms with Gasteiger partial charge in [0.2, 0.25) is 5.91 Å². The zero-order valence-corrected chi connectivity index (χ0v) is 24.4. The third kappa shape index (κ3) is 9.15. The highest BCUT2D eigenvalue weighted by Crippen LogP contribution is 2.36. The van der Waals surface area contributed by atoms with Crippen molar-refractivity contribution < 1.29 is 32.2 Å². The van der Waals surface area contributed by atoms with Gasteiger partial charge in [0.05, 0.1) is 31.1 Å². The molecule has 14 heteroatoms. The Hall–Kier alpha value is -3.20. The second kappa shape index (κ2) is 16.0. The molecule has 0 aliphatic carbocycles. The molecule has 2 fully saturated rings. The average Bonchev–Trinajstić information content (AvgIpc) is 3.65. The number of urea groups is 1. The second-order valence-corrected chi connectivity index (χ2v) is 11.1. The fraction of sp³-hybridized carbons (Fsp3) is 0.621. The summed E-state index contributed by atoms with van der Waals surface area (Å²) in [5.41, 5.74) is 5.67. The molecule has 0 radical (unpaired) electrons. The molecule has 0 saturated carbocycles.